The van der Waals surface area contributed by atoms with E-state index in [4.69, 9.17) is 9.47 Å². The SMILES string of the molecule is CCCCOC(=O)c1ccc(NC(=O)COC(=O)CCCCCN2C(=O)[C@@H]3C4c5ccccc5C(c5ccccc54)[C@@H]3C2=O)cc1. The molecule has 9 nitrogen and oxygen atoms in total. The standard InChI is InChI=1S/C37H38N2O7/c1-2-3-21-45-37(44)23-16-18-24(19-17-23)38-29(40)22-46-30(41)15-5-4-10-20-39-35(42)33-31-25-11-6-7-12-26(25)32(34(33)36(39)43)28-14-9-8-13-27(28)31/h6-9,11-14,16-19,31-34H,2-5,10,15,20-22H2,1H3,(H,38,40)/t31?,32?,33-,34+. The molecule has 1 heterocycles. The smallest absolute Gasteiger partial charge is 0.338 e. The quantitative estimate of drug-likeness (QED) is 0.150. The first-order valence-corrected chi connectivity index (χ1v) is 16.1. The average molecular weight is 623 g/mol. The zero-order valence-electron chi connectivity index (χ0n) is 25.9. The number of nitrogens with one attached hydrogen (secondary N) is 1. The highest BCUT2D eigenvalue weighted by molar-refractivity contribution is 6.07. The zero-order chi connectivity index (χ0) is 32.2. The summed E-state index contributed by atoms with van der Waals surface area (Å²) in [6.45, 7) is 2.28. The van der Waals surface area contributed by atoms with Crippen molar-refractivity contribution in [1.82, 2.24) is 4.90 Å². The van der Waals surface area contributed by atoms with Crippen LogP contribution in [0.15, 0.2) is 72.8 Å². The number of nitrogens with zero attached hydrogens (tertiary/aromatic N) is 1. The Labute approximate surface area is 268 Å². The highest BCUT2D eigenvalue weighted by Gasteiger charge is 2.61. The van der Waals surface area contributed by atoms with Crippen LogP contribution < -0.4 is 5.32 Å². The van der Waals surface area contributed by atoms with Gasteiger partial charge in [0.15, 0.2) is 6.61 Å². The first-order chi connectivity index (χ1) is 22.4. The van der Waals surface area contributed by atoms with Crippen LogP contribution in [0.4, 0.5) is 5.69 Å². The number of rotatable bonds is 13. The number of benzene rings is 3. The Hall–Kier alpha value is -4.79. The number of unbranched alkanes of at least 4 members (excludes halogenated alkanes) is 3. The van der Waals surface area contributed by atoms with E-state index < -0.39 is 24.5 Å². The fraction of sp³-hybridized carbons (Fsp3) is 0.378. The number of imide groups is 1. The predicted molar refractivity (Wildman–Crippen MR) is 170 cm³/mol. The lowest BCUT2D eigenvalue weighted by atomic mass is 9.55. The second-order valence-corrected chi connectivity index (χ2v) is 12.2. The Morgan fingerprint density at radius 1 is 0.717 bits per heavy atom. The number of ether oxygens (including phenoxy) is 2. The molecule has 0 spiro atoms. The minimum atomic E-state index is -0.494. The Bertz CT molecular complexity index is 1530. The molecule has 3 amide bonds. The first kappa shape index (κ1) is 31.2. The summed E-state index contributed by atoms with van der Waals surface area (Å²) < 4.78 is 10.3. The number of esters is 2. The molecule has 1 saturated heterocycles. The molecule has 46 heavy (non-hydrogen) atoms. The molecule has 9 heteroatoms. The topological polar surface area (TPSA) is 119 Å². The molecule has 1 fully saturated rings. The van der Waals surface area contributed by atoms with Crippen LogP contribution >= 0.6 is 0 Å². The van der Waals surface area contributed by atoms with Gasteiger partial charge in [-0.1, -0.05) is 68.3 Å². The van der Waals surface area contributed by atoms with E-state index in [0.717, 1.165) is 35.1 Å². The van der Waals surface area contributed by atoms with Gasteiger partial charge in [0, 0.05) is 30.5 Å². The molecule has 0 aromatic heterocycles. The number of hydrogen-bond donors (Lipinski definition) is 1. The summed E-state index contributed by atoms with van der Waals surface area (Å²) in [6.07, 6.45) is 3.59. The van der Waals surface area contributed by atoms with E-state index >= 15 is 0 Å². The van der Waals surface area contributed by atoms with Gasteiger partial charge in [-0.15, -0.1) is 0 Å². The van der Waals surface area contributed by atoms with Gasteiger partial charge in [0.05, 0.1) is 24.0 Å². The number of carbonyl (C=O) groups is 5. The molecule has 7 rings (SSSR count). The van der Waals surface area contributed by atoms with E-state index in [9.17, 15) is 24.0 Å². The molecule has 4 aliphatic rings. The van der Waals surface area contributed by atoms with Crippen molar-refractivity contribution in [3.63, 3.8) is 0 Å². The van der Waals surface area contributed by atoms with Crippen molar-refractivity contribution < 1.29 is 33.4 Å². The third kappa shape index (κ3) is 6.06. The molecule has 3 aliphatic carbocycles. The Balaban J connectivity index is 0.932. The fourth-order valence-corrected chi connectivity index (χ4v) is 7.17. The molecular weight excluding hydrogens is 584 g/mol. The van der Waals surface area contributed by atoms with Crippen molar-refractivity contribution in [2.75, 3.05) is 25.1 Å². The van der Waals surface area contributed by atoms with Crippen LogP contribution in [0.5, 0.6) is 0 Å². The lowest BCUT2D eigenvalue weighted by molar-refractivity contribution is -0.147. The largest absolute Gasteiger partial charge is 0.462 e. The number of hydrogen-bond acceptors (Lipinski definition) is 7. The number of anilines is 1. The van der Waals surface area contributed by atoms with E-state index in [1.807, 2.05) is 31.2 Å². The van der Waals surface area contributed by atoms with E-state index in [0.29, 0.717) is 43.7 Å². The van der Waals surface area contributed by atoms with Gasteiger partial charge in [0.25, 0.3) is 5.91 Å². The summed E-state index contributed by atoms with van der Waals surface area (Å²) in [5, 5.41) is 2.64. The number of amides is 3. The molecule has 1 N–H and O–H groups in total. The maximum atomic E-state index is 13.7. The number of likely N-dealkylation sites (tertiary alicyclic amines) is 1. The van der Waals surface area contributed by atoms with Crippen molar-refractivity contribution in [3.8, 4) is 0 Å². The molecule has 3 aromatic carbocycles. The summed E-state index contributed by atoms with van der Waals surface area (Å²) in [7, 11) is 0. The molecule has 0 unspecified atom stereocenters. The Morgan fingerprint density at radius 3 is 1.83 bits per heavy atom. The summed E-state index contributed by atoms with van der Waals surface area (Å²) in [5.74, 6) is -2.59. The lowest BCUT2D eigenvalue weighted by Crippen LogP contribution is -2.41. The van der Waals surface area contributed by atoms with Gasteiger partial charge >= 0.3 is 11.9 Å². The van der Waals surface area contributed by atoms with Gasteiger partial charge < -0.3 is 14.8 Å². The molecule has 2 atom stereocenters. The van der Waals surface area contributed by atoms with E-state index in [1.165, 1.54) is 4.90 Å². The second-order valence-electron chi connectivity index (χ2n) is 12.2. The van der Waals surface area contributed by atoms with E-state index in [-0.39, 0.29) is 41.9 Å². The van der Waals surface area contributed by atoms with Gasteiger partial charge in [-0.25, -0.2) is 4.79 Å². The molecule has 2 bridgehead atoms. The van der Waals surface area contributed by atoms with Crippen LogP contribution in [-0.2, 0) is 28.7 Å². The highest BCUT2D eigenvalue weighted by atomic mass is 16.5. The molecule has 0 radical (unpaired) electrons. The first-order valence-electron chi connectivity index (χ1n) is 16.1. The van der Waals surface area contributed by atoms with Crippen LogP contribution in [0.1, 0.15) is 89.9 Å². The molecule has 3 aromatic rings. The van der Waals surface area contributed by atoms with Crippen molar-refractivity contribution >= 4 is 35.3 Å². The van der Waals surface area contributed by atoms with Gasteiger partial charge in [-0.2, -0.15) is 0 Å². The van der Waals surface area contributed by atoms with Crippen LogP contribution in [0.2, 0.25) is 0 Å². The van der Waals surface area contributed by atoms with Crippen molar-refractivity contribution in [1.29, 1.82) is 0 Å². The molecule has 238 valence electrons. The third-order valence-corrected chi connectivity index (χ3v) is 9.30. The highest BCUT2D eigenvalue weighted by Crippen LogP contribution is 2.60. The van der Waals surface area contributed by atoms with Gasteiger partial charge in [0.1, 0.15) is 0 Å². The average Bonchev–Trinajstić information content (AvgIpc) is 3.33. The Kier molecular flexibility index (Phi) is 9.28. The maximum Gasteiger partial charge on any atom is 0.338 e. The van der Waals surface area contributed by atoms with E-state index in [1.54, 1.807) is 24.3 Å². The van der Waals surface area contributed by atoms with Crippen molar-refractivity contribution in [3.05, 3.63) is 101 Å². The maximum absolute atomic E-state index is 13.7. The second kappa shape index (κ2) is 13.7. The van der Waals surface area contributed by atoms with Crippen molar-refractivity contribution in [2.45, 2.75) is 57.3 Å². The van der Waals surface area contributed by atoms with Crippen LogP contribution in [0.3, 0.4) is 0 Å². The van der Waals surface area contributed by atoms with Gasteiger partial charge in [-0.3, -0.25) is 24.1 Å². The number of carbonyl (C=O) groups excluding carboxylic acids is 5. The van der Waals surface area contributed by atoms with Gasteiger partial charge in [0.2, 0.25) is 11.8 Å². The lowest BCUT2D eigenvalue weighted by Gasteiger charge is -2.45. The predicted octanol–water partition coefficient (Wildman–Crippen LogP) is 5.58. The summed E-state index contributed by atoms with van der Waals surface area (Å²) in [4.78, 5) is 65.3. The third-order valence-electron chi connectivity index (χ3n) is 9.30. The van der Waals surface area contributed by atoms with Crippen molar-refractivity contribution in [2.24, 2.45) is 11.8 Å². The normalized spacial score (nSPS) is 20.5. The van der Waals surface area contributed by atoms with E-state index in [2.05, 4.69) is 29.6 Å². The monoisotopic (exact) mass is 622 g/mol. The van der Waals surface area contributed by atoms with Crippen LogP contribution in [-0.4, -0.2) is 54.3 Å². The van der Waals surface area contributed by atoms with Crippen LogP contribution in [0, 0.1) is 11.8 Å². The van der Waals surface area contributed by atoms with Crippen LogP contribution in [0.25, 0.3) is 0 Å². The Morgan fingerprint density at radius 2 is 1.28 bits per heavy atom. The van der Waals surface area contributed by atoms with Gasteiger partial charge in [-0.05, 0) is 65.8 Å². The summed E-state index contributed by atoms with van der Waals surface area (Å²) in [5.41, 5.74) is 5.47. The minimum absolute atomic E-state index is 0.0963. The zero-order valence-corrected chi connectivity index (χ0v) is 25.9. The summed E-state index contributed by atoms with van der Waals surface area (Å²) >= 11 is 0. The minimum Gasteiger partial charge on any atom is -0.462 e. The fourth-order valence-electron chi connectivity index (χ4n) is 7.17. The summed E-state index contributed by atoms with van der Waals surface area (Å²) in [6, 6.07) is 22.7. The molecule has 1 aliphatic heterocycles. The molecule has 0 saturated carbocycles. The molecular formula is C37H38N2O7.